The average Bonchev–Trinajstić information content (AvgIpc) is 2.48. The zero-order valence-electron chi connectivity index (χ0n) is 14.3. The van der Waals surface area contributed by atoms with Crippen LogP contribution >= 0.6 is 0 Å². The number of hydrogen-bond donors (Lipinski definition) is 2. The lowest BCUT2D eigenvalue weighted by atomic mass is 9.85. The van der Waals surface area contributed by atoms with Gasteiger partial charge in [-0.05, 0) is 53.1 Å². The highest BCUT2D eigenvalue weighted by Gasteiger charge is 2.16. The van der Waals surface area contributed by atoms with Gasteiger partial charge in [0, 0.05) is 6.54 Å². The fourth-order valence-electron chi connectivity index (χ4n) is 2.91. The predicted octanol–water partition coefficient (Wildman–Crippen LogP) is 5.74. The second-order valence-electron chi connectivity index (χ2n) is 6.38. The molecule has 0 atom stereocenters. The minimum absolute atomic E-state index is 0.304. The van der Waals surface area contributed by atoms with E-state index in [0.717, 1.165) is 12.2 Å². The Morgan fingerprint density at radius 2 is 1.55 bits per heavy atom. The zero-order valence-corrected chi connectivity index (χ0v) is 14.3. The molecule has 0 spiro atoms. The first kappa shape index (κ1) is 16.4. The molecule has 2 rings (SSSR count). The Kier molecular flexibility index (Phi) is 5.12. The molecule has 0 heterocycles. The van der Waals surface area contributed by atoms with E-state index in [1.54, 1.807) is 6.07 Å². The van der Waals surface area contributed by atoms with E-state index >= 15 is 0 Å². The molecule has 2 heteroatoms. The van der Waals surface area contributed by atoms with Crippen molar-refractivity contribution in [3.63, 3.8) is 0 Å². The van der Waals surface area contributed by atoms with Gasteiger partial charge in [0.2, 0.25) is 0 Å². The van der Waals surface area contributed by atoms with Gasteiger partial charge in [-0.15, -0.1) is 0 Å². The van der Waals surface area contributed by atoms with E-state index in [0.29, 0.717) is 17.6 Å². The maximum atomic E-state index is 10.0. The summed E-state index contributed by atoms with van der Waals surface area (Å²) in [4.78, 5) is 0. The lowest BCUT2D eigenvalue weighted by Crippen LogP contribution is -2.01. The minimum atomic E-state index is 0.304. The highest BCUT2D eigenvalue weighted by Crippen LogP contribution is 2.38. The van der Waals surface area contributed by atoms with Crippen molar-refractivity contribution in [2.75, 3.05) is 11.9 Å². The van der Waals surface area contributed by atoms with Crippen molar-refractivity contribution in [1.29, 1.82) is 0 Å². The summed E-state index contributed by atoms with van der Waals surface area (Å²) in [7, 11) is 0. The number of benzene rings is 2. The Labute approximate surface area is 134 Å². The molecule has 22 heavy (non-hydrogen) atoms. The van der Waals surface area contributed by atoms with Gasteiger partial charge in [-0.1, -0.05) is 52.0 Å². The smallest absolute Gasteiger partial charge is 0.138 e. The highest BCUT2D eigenvalue weighted by atomic mass is 16.3. The van der Waals surface area contributed by atoms with Gasteiger partial charge in [0.15, 0.2) is 0 Å². The molecular formula is C20H27NO. The molecule has 0 saturated heterocycles. The van der Waals surface area contributed by atoms with Gasteiger partial charge < -0.3 is 10.4 Å². The fraction of sp³-hybridized carbons (Fsp3) is 0.400. The molecule has 2 N–H and O–H groups in total. The third kappa shape index (κ3) is 3.27. The van der Waals surface area contributed by atoms with Crippen LogP contribution in [-0.4, -0.2) is 11.7 Å². The second kappa shape index (κ2) is 6.87. The van der Waals surface area contributed by atoms with E-state index < -0.39 is 0 Å². The topological polar surface area (TPSA) is 32.3 Å². The quantitative estimate of drug-likeness (QED) is 0.690. The van der Waals surface area contributed by atoms with Crippen molar-refractivity contribution >= 4 is 5.69 Å². The number of aromatic hydroxyl groups is 1. The van der Waals surface area contributed by atoms with Gasteiger partial charge in [0.1, 0.15) is 5.75 Å². The highest BCUT2D eigenvalue weighted by molar-refractivity contribution is 5.77. The molecule has 0 fully saturated rings. The van der Waals surface area contributed by atoms with Crippen molar-refractivity contribution in [2.24, 2.45) is 0 Å². The molecule has 0 aliphatic carbocycles. The SMILES string of the molecule is CCNc1cc(-c2c(C(C)C)cccc2C(C)C)ccc1O. The van der Waals surface area contributed by atoms with E-state index in [-0.39, 0.29) is 0 Å². The Morgan fingerprint density at radius 3 is 2.05 bits per heavy atom. The van der Waals surface area contributed by atoms with Crippen LogP contribution in [0, 0.1) is 0 Å². The molecule has 0 bridgehead atoms. The van der Waals surface area contributed by atoms with Crippen LogP contribution in [0.2, 0.25) is 0 Å². The van der Waals surface area contributed by atoms with E-state index in [1.807, 2.05) is 13.0 Å². The Morgan fingerprint density at radius 1 is 0.955 bits per heavy atom. The summed E-state index contributed by atoms with van der Waals surface area (Å²) < 4.78 is 0. The van der Waals surface area contributed by atoms with Gasteiger partial charge in [-0.25, -0.2) is 0 Å². The van der Waals surface area contributed by atoms with Crippen LogP contribution in [0.25, 0.3) is 11.1 Å². The van der Waals surface area contributed by atoms with Gasteiger partial charge in [-0.3, -0.25) is 0 Å². The molecule has 0 amide bonds. The maximum Gasteiger partial charge on any atom is 0.138 e. The van der Waals surface area contributed by atoms with Crippen molar-refractivity contribution < 1.29 is 5.11 Å². The third-order valence-electron chi connectivity index (χ3n) is 4.03. The molecule has 0 aromatic heterocycles. The molecule has 2 aromatic carbocycles. The second-order valence-corrected chi connectivity index (χ2v) is 6.38. The summed E-state index contributed by atoms with van der Waals surface area (Å²) in [6, 6.07) is 12.4. The van der Waals surface area contributed by atoms with Crippen molar-refractivity contribution in [3.8, 4) is 16.9 Å². The summed E-state index contributed by atoms with van der Waals surface area (Å²) >= 11 is 0. The number of hydrogen-bond acceptors (Lipinski definition) is 2. The fourth-order valence-corrected chi connectivity index (χ4v) is 2.91. The van der Waals surface area contributed by atoms with Gasteiger partial charge >= 0.3 is 0 Å². The zero-order chi connectivity index (χ0) is 16.3. The molecule has 0 aliphatic rings. The van der Waals surface area contributed by atoms with Gasteiger partial charge in [0.25, 0.3) is 0 Å². The Balaban J connectivity index is 2.67. The molecule has 118 valence electrons. The molecule has 2 aromatic rings. The van der Waals surface area contributed by atoms with E-state index in [9.17, 15) is 5.11 Å². The Hall–Kier alpha value is -1.96. The molecular weight excluding hydrogens is 270 g/mol. The average molecular weight is 297 g/mol. The largest absolute Gasteiger partial charge is 0.506 e. The standard InChI is InChI=1S/C20H27NO/c1-6-21-18-12-15(10-11-19(18)22)20-16(13(2)3)8-7-9-17(20)14(4)5/h7-14,21-22H,6H2,1-5H3. The minimum Gasteiger partial charge on any atom is -0.506 e. The first-order chi connectivity index (χ1) is 10.5. The predicted molar refractivity (Wildman–Crippen MR) is 95.9 cm³/mol. The van der Waals surface area contributed by atoms with E-state index in [4.69, 9.17) is 0 Å². The number of rotatable bonds is 5. The summed E-state index contributed by atoms with van der Waals surface area (Å²) in [6.45, 7) is 11.7. The molecule has 0 aliphatic heterocycles. The van der Waals surface area contributed by atoms with Crippen LogP contribution in [0.4, 0.5) is 5.69 Å². The van der Waals surface area contributed by atoms with Crippen LogP contribution in [0.15, 0.2) is 36.4 Å². The molecule has 0 unspecified atom stereocenters. The normalized spacial score (nSPS) is 11.2. The van der Waals surface area contributed by atoms with Crippen LogP contribution in [0.5, 0.6) is 5.75 Å². The summed E-state index contributed by atoms with van der Waals surface area (Å²) in [6.07, 6.45) is 0. The number of phenols is 1. The van der Waals surface area contributed by atoms with Crippen molar-refractivity contribution in [2.45, 2.75) is 46.5 Å². The van der Waals surface area contributed by atoms with Crippen LogP contribution in [0.1, 0.15) is 57.6 Å². The van der Waals surface area contributed by atoms with E-state index in [2.05, 4.69) is 57.3 Å². The number of phenolic OH excluding ortho intramolecular Hbond substituents is 1. The lowest BCUT2D eigenvalue weighted by molar-refractivity contribution is 0.477. The molecule has 2 nitrogen and oxygen atoms in total. The number of nitrogens with one attached hydrogen (secondary N) is 1. The molecule has 0 saturated carbocycles. The first-order valence-corrected chi connectivity index (χ1v) is 8.15. The van der Waals surface area contributed by atoms with Crippen molar-refractivity contribution in [1.82, 2.24) is 0 Å². The summed E-state index contributed by atoms with van der Waals surface area (Å²) in [5.41, 5.74) is 6.00. The van der Waals surface area contributed by atoms with Crippen LogP contribution in [0.3, 0.4) is 0 Å². The van der Waals surface area contributed by atoms with Crippen LogP contribution < -0.4 is 5.32 Å². The maximum absolute atomic E-state index is 10.0. The van der Waals surface area contributed by atoms with E-state index in [1.165, 1.54) is 22.3 Å². The number of anilines is 1. The van der Waals surface area contributed by atoms with Crippen LogP contribution in [-0.2, 0) is 0 Å². The third-order valence-corrected chi connectivity index (χ3v) is 4.03. The van der Waals surface area contributed by atoms with Gasteiger partial charge in [0.05, 0.1) is 5.69 Å². The Bertz CT molecular complexity index is 618. The summed E-state index contributed by atoms with van der Waals surface area (Å²) in [5, 5.41) is 13.2. The van der Waals surface area contributed by atoms with Gasteiger partial charge in [-0.2, -0.15) is 0 Å². The van der Waals surface area contributed by atoms with Crippen molar-refractivity contribution in [3.05, 3.63) is 47.5 Å². The molecule has 0 radical (unpaired) electrons. The summed E-state index contributed by atoms with van der Waals surface area (Å²) in [5.74, 6) is 1.23. The monoisotopic (exact) mass is 297 g/mol. The first-order valence-electron chi connectivity index (χ1n) is 8.15. The lowest BCUT2D eigenvalue weighted by Gasteiger charge is -2.20.